The molecule has 1 aliphatic carbocycles. The highest BCUT2D eigenvalue weighted by atomic mass is 17.1. The fraction of sp³-hybridized carbons (Fsp3) is 0.556. The van der Waals surface area contributed by atoms with E-state index in [-0.39, 0.29) is 6.10 Å². The van der Waals surface area contributed by atoms with Crippen LogP contribution in [0.5, 0.6) is 11.5 Å². The second-order valence-corrected chi connectivity index (χ2v) is 6.71. The van der Waals surface area contributed by atoms with E-state index in [2.05, 4.69) is 35.9 Å². The molecule has 22 heavy (non-hydrogen) atoms. The predicted octanol–water partition coefficient (Wildman–Crippen LogP) is 3.64. The van der Waals surface area contributed by atoms with E-state index in [4.69, 9.17) is 4.74 Å². The normalized spacial score (nSPS) is 28.6. The number of benzene rings is 1. The second kappa shape index (κ2) is 6.31. The van der Waals surface area contributed by atoms with Crippen molar-refractivity contribution in [3.05, 3.63) is 35.4 Å². The molecular weight excluding hydrogens is 278 g/mol. The second-order valence-electron chi connectivity index (χ2n) is 6.71. The van der Waals surface area contributed by atoms with Crippen LogP contribution in [0, 0.1) is 18.8 Å². The molecule has 120 valence electrons. The molecule has 0 radical (unpaired) electrons. The summed E-state index contributed by atoms with van der Waals surface area (Å²) in [4.78, 5) is 6.90. The van der Waals surface area contributed by atoms with Crippen LogP contribution in [-0.2, 0) is 6.54 Å². The fourth-order valence-electron chi connectivity index (χ4n) is 3.48. The largest absolute Gasteiger partial charge is 0.485 e. The number of allylic oxidation sites excluding steroid dienone is 1. The van der Waals surface area contributed by atoms with Gasteiger partial charge in [-0.05, 0) is 56.5 Å². The summed E-state index contributed by atoms with van der Waals surface area (Å²) in [5, 5.41) is 9.17. The molecule has 1 aliphatic heterocycles. The Hall–Kier alpha value is -1.52. The lowest BCUT2D eigenvalue weighted by atomic mass is 9.84. The molecule has 4 heteroatoms. The SMILES string of the molecule is Cc1c2ccc(OO)c1OC1C[C@@H](C)C=CC1CCN(C)C2. The van der Waals surface area contributed by atoms with Gasteiger partial charge >= 0.3 is 0 Å². The van der Waals surface area contributed by atoms with Crippen molar-refractivity contribution in [1.29, 1.82) is 0 Å². The number of rotatable bonds is 1. The zero-order valence-corrected chi connectivity index (χ0v) is 13.6. The maximum atomic E-state index is 9.17. The number of ether oxygens (including phenoxy) is 1. The highest BCUT2D eigenvalue weighted by Crippen LogP contribution is 2.38. The van der Waals surface area contributed by atoms with Crippen molar-refractivity contribution >= 4 is 0 Å². The van der Waals surface area contributed by atoms with Crippen LogP contribution in [0.1, 0.15) is 30.9 Å². The summed E-state index contributed by atoms with van der Waals surface area (Å²) >= 11 is 0. The number of fused-ring (bicyclic) bond motifs is 3. The van der Waals surface area contributed by atoms with Gasteiger partial charge in [0.05, 0.1) is 0 Å². The molecule has 1 aromatic carbocycles. The maximum Gasteiger partial charge on any atom is 0.207 e. The lowest BCUT2D eigenvalue weighted by Gasteiger charge is -2.34. The first kappa shape index (κ1) is 15.4. The summed E-state index contributed by atoms with van der Waals surface area (Å²) in [6.07, 6.45) is 6.81. The van der Waals surface area contributed by atoms with Gasteiger partial charge in [0, 0.05) is 12.5 Å². The van der Waals surface area contributed by atoms with Gasteiger partial charge in [0.2, 0.25) is 5.75 Å². The van der Waals surface area contributed by atoms with Gasteiger partial charge in [0.1, 0.15) is 6.10 Å². The van der Waals surface area contributed by atoms with Gasteiger partial charge in [-0.1, -0.05) is 25.1 Å². The average molecular weight is 303 g/mol. The van der Waals surface area contributed by atoms with E-state index < -0.39 is 0 Å². The zero-order valence-electron chi connectivity index (χ0n) is 13.6. The standard InChI is InChI=1S/C18H25NO3/c1-12-4-5-14-8-9-19(3)11-15-6-7-16(22-20)18(13(15)2)21-17(14)10-12/h4-7,12,14,17,20H,8-11H2,1-3H3/t12-,14?,17?/m0/s1. The van der Waals surface area contributed by atoms with Crippen LogP contribution < -0.4 is 9.62 Å². The number of nitrogens with zero attached hydrogens (tertiary/aromatic N) is 1. The van der Waals surface area contributed by atoms with Gasteiger partial charge in [0.15, 0.2) is 5.75 Å². The first-order chi connectivity index (χ1) is 10.6. The molecular formula is C18H25NO3. The molecule has 1 N–H and O–H groups in total. The quantitative estimate of drug-likeness (QED) is 0.488. The molecule has 0 aromatic heterocycles. The Bertz CT molecular complexity index is 570. The molecule has 0 amide bonds. The Morgan fingerprint density at radius 3 is 2.91 bits per heavy atom. The average Bonchev–Trinajstić information content (AvgIpc) is 2.49. The van der Waals surface area contributed by atoms with Crippen LogP contribution in [-0.4, -0.2) is 29.9 Å². The van der Waals surface area contributed by atoms with Crippen molar-refractivity contribution in [3.8, 4) is 11.5 Å². The summed E-state index contributed by atoms with van der Waals surface area (Å²) in [6.45, 7) is 6.19. The molecule has 2 aliphatic rings. The molecule has 2 unspecified atom stereocenters. The van der Waals surface area contributed by atoms with Crippen molar-refractivity contribution in [2.24, 2.45) is 11.8 Å². The van der Waals surface area contributed by atoms with E-state index in [0.29, 0.717) is 23.3 Å². The zero-order chi connectivity index (χ0) is 15.7. The molecule has 3 rings (SSSR count). The van der Waals surface area contributed by atoms with Gasteiger partial charge in [0.25, 0.3) is 0 Å². The minimum Gasteiger partial charge on any atom is -0.485 e. The van der Waals surface area contributed by atoms with Crippen LogP contribution in [0.3, 0.4) is 0 Å². The van der Waals surface area contributed by atoms with Crippen molar-refractivity contribution < 1.29 is 14.9 Å². The lowest BCUT2D eigenvalue weighted by molar-refractivity contribution is -0.140. The van der Waals surface area contributed by atoms with Crippen molar-refractivity contribution in [2.45, 2.75) is 39.3 Å². The van der Waals surface area contributed by atoms with Crippen LogP contribution in [0.25, 0.3) is 0 Å². The Morgan fingerprint density at radius 2 is 2.14 bits per heavy atom. The van der Waals surface area contributed by atoms with Crippen LogP contribution in [0.15, 0.2) is 24.3 Å². The van der Waals surface area contributed by atoms with E-state index in [1.165, 1.54) is 5.56 Å². The van der Waals surface area contributed by atoms with Crippen LogP contribution >= 0.6 is 0 Å². The molecule has 3 atom stereocenters. The van der Waals surface area contributed by atoms with E-state index in [9.17, 15) is 5.26 Å². The van der Waals surface area contributed by atoms with Gasteiger partial charge in [-0.15, -0.1) is 0 Å². The summed E-state index contributed by atoms with van der Waals surface area (Å²) < 4.78 is 6.34. The Morgan fingerprint density at radius 1 is 1.32 bits per heavy atom. The first-order valence-corrected chi connectivity index (χ1v) is 8.06. The Kier molecular flexibility index (Phi) is 4.41. The third-order valence-corrected chi connectivity index (χ3v) is 4.90. The van der Waals surface area contributed by atoms with Crippen LogP contribution in [0.2, 0.25) is 0 Å². The van der Waals surface area contributed by atoms with Gasteiger partial charge in [-0.3, -0.25) is 0 Å². The molecule has 0 spiro atoms. The minimum atomic E-state index is 0.134. The van der Waals surface area contributed by atoms with E-state index >= 15 is 0 Å². The number of hydrogen-bond donors (Lipinski definition) is 1. The molecule has 0 saturated carbocycles. The van der Waals surface area contributed by atoms with E-state index in [1.807, 2.05) is 13.0 Å². The molecule has 0 fully saturated rings. The third-order valence-electron chi connectivity index (χ3n) is 4.90. The smallest absolute Gasteiger partial charge is 0.207 e. The summed E-state index contributed by atoms with van der Waals surface area (Å²) in [5.41, 5.74) is 2.28. The summed E-state index contributed by atoms with van der Waals surface area (Å²) in [5.74, 6) is 2.02. The molecule has 2 bridgehead atoms. The minimum absolute atomic E-state index is 0.134. The summed E-state index contributed by atoms with van der Waals surface area (Å²) in [7, 11) is 2.15. The highest BCUT2D eigenvalue weighted by molar-refractivity contribution is 5.50. The molecule has 1 aromatic rings. The molecule has 0 saturated heterocycles. The van der Waals surface area contributed by atoms with Gasteiger partial charge < -0.3 is 14.5 Å². The van der Waals surface area contributed by atoms with Crippen molar-refractivity contribution in [2.75, 3.05) is 13.6 Å². The molecule has 4 nitrogen and oxygen atoms in total. The monoisotopic (exact) mass is 303 g/mol. The van der Waals surface area contributed by atoms with Gasteiger partial charge in [-0.25, -0.2) is 5.26 Å². The first-order valence-electron chi connectivity index (χ1n) is 8.06. The van der Waals surface area contributed by atoms with E-state index in [0.717, 1.165) is 31.5 Å². The summed E-state index contributed by atoms with van der Waals surface area (Å²) in [6, 6.07) is 3.80. The maximum absolute atomic E-state index is 9.17. The third kappa shape index (κ3) is 2.99. The topological polar surface area (TPSA) is 41.9 Å². The fourth-order valence-corrected chi connectivity index (χ4v) is 3.48. The van der Waals surface area contributed by atoms with E-state index in [1.54, 1.807) is 6.07 Å². The Balaban J connectivity index is 2.02. The lowest BCUT2D eigenvalue weighted by Crippen LogP contribution is -2.34. The van der Waals surface area contributed by atoms with Crippen LogP contribution in [0.4, 0.5) is 0 Å². The Labute approximate surface area is 132 Å². The molecule has 1 heterocycles. The van der Waals surface area contributed by atoms with Crippen molar-refractivity contribution in [3.63, 3.8) is 0 Å². The predicted molar refractivity (Wildman–Crippen MR) is 86.2 cm³/mol. The van der Waals surface area contributed by atoms with Gasteiger partial charge in [-0.2, -0.15) is 0 Å². The number of hydrogen-bond acceptors (Lipinski definition) is 4. The highest BCUT2D eigenvalue weighted by Gasteiger charge is 2.29. The van der Waals surface area contributed by atoms with Crippen molar-refractivity contribution in [1.82, 2.24) is 4.90 Å².